The second-order valence-corrected chi connectivity index (χ2v) is 3.74. The normalized spacial score (nSPS) is 11.9. The standard InChI is InChI=1S/C13H12N2O2/c1-2-14-12(13(16)17)7-9-8-15-11-6-4-3-5-10(9)11/h1,3-6,8,12,14-15H,7H2,(H,16,17). The van der Waals surface area contributed by atoms with Crippen LogP contribution in [0.1, 0.15) is 5.56 Å². The number of carboxylic acid groups (broad SMARTS) is 1. The molecule has 0 aliphatic rings. The van der Waals surface area contributed by atoms with Crippen LogP contribution < -0.4 is 5.32 Å². The molecule has 0 saturated heterocycles. The van der Waals surface area contributed by atoms with Gasteiger partial charge < -0.3 is 15.4 Å². The van der Waals surface area contributed by atoms with Crippen molar-refractivity contribution in [1.29, 1.82) is 0 Å². The number of fused-ring (bicyclic) bond motifs is 1. The summed E-state index contributed by atoms with van der Waals surface area (Å²) >= 11 is 0. The average molecular weight is 228 g/mol. The molecule has 1 atom stereocenters. The maximum atomic E-state index is 11.0. The molecule has 2 aromatic rings. The van der Waals surface area contributed by atoms with Crippen LogP contribution >= 0.6 is 0 Å². The van der Waals surface area contributed by atoms with E-state index in [0.717, 1.165) is 16.5 Å². The molecule has 0 amide bonds. The van der Waals surface area contributed by atoms with E-state index in [4.69, 9.17) is 11.5 Å². The molecule has 17 heavy (non-hydrogen) atoms. The van der Waals surface area contributed by atoms with Gasteiger partial charge in [0.25, 0.3) is 0 Å². The highest BCUT2D eigenvalue weighted by Gasteiger charge is 2.18. The van der Waals surface area contributed by atoms with Gasteiger partial charge in [0.2, 0.25) is 0 Å². The number of benzene rings is 1. The van der Waals surface area contributed by atoms with Crippen LogP contribution in [0.3, 0.4) is 0 Å². The lowest BCUT2D eigenvalue weighted by molar-refractivity contribution is -0.139. The molecule has 0 aliphatic carbocycles. The number of aromatic nitrogens is 1. The van der Waals surface area contributed by atoms with Crippen LogP contribution in [0.5, 0.6) is 0 Å². The van der Waals surface area contributed by atoms with Crippen molar-refractivity contribution in [2.45, 2.75) is 12.5 Å². The van der Waals surface area contributed by atoms with Gasteiger partial charge in [0.05, 0.1) is 0 Å². The van der Waals surface area contributed by atoms with Crippen LogP contribution in [-0.4, -0.2) is 22.1 Å². The van der Waals surface area contributed by atoms with E-state index in [-0.39, 0.29) is 0 Å². The third-order valence-electron chi connectivity index (χ3n) is 2.65. The zero-order chi connectivity index (χ0) is 12.3. The summed E-state index contributed by atoms with van der Waals surface area (Å²) < 4.78 is 0. The Morgan fingerprint density at radius 2 is 2.29 bits per heavy atom. The van der Waals surface area contributed by atoms with Gasteiger partial charge in [-0.15, -0.1) is 0 Å². The zero-order valence-corrected chi connectivity index (χ0v) is 9.10. The van der Waals surface area contributed by atoms with Gasteiger partial charge in [-0.2, -0.15) is 0 Å². The molecule has 0 saturated carbocycles. The molecule has 1 aromatic heterocycles. The minimum absolute atomic E-state index is 0.351. The maximum Gasteiger partial charge on any atom is 0.327 e. The number of aromatic amines is 1. The van der Waals surface area contributed by atoms with Gasteiger partial charge in [0, 0.05) is 29.6 Å². The first-order chi connectivity index (χ1) is 8.22. The Labute approximate surface area is 98.7 Å². The number of nitrogens with one attached hydrogen (secondary N) is 2. The Morgan fingerprint density at radius 3 is 3.00 bits per heavy atom. The van der Waals surface area contributed by atoms with Crippen LogP contribution in [0.4, 0.5) is 0 Å². The molecule has 86 valence electrons. The largest absolute Gasteiger partial charge is 0.480 e. The van der Waals surface area contributed by atoms with Gasteiger partial charge in [-0.3, -0.25) is 0 Å². The van der Waals surface area contributed by atoms with E-state index < -0.39 is 12.0 Å². The topological polar surface area (TPSA) is 65.1 Å². The molecule has 1 unspecified atom stereocenters. The predicted octanol–water partition coefficient (Wildman–Crippen LogP) is 1.34. The molecular formula is C13H12N2O2. The minimum Gasteiger partial charge on any atom is -0.480 e. The summed E-state index contributed by atoms with van der Waals surface area (Å²) in [5.74, 6) is -0.951. The number of hydrogen-bond donors (Lipinski definition) is 3. The maximum absolute atomic E-state index is 11.0. The fourth-order valence-corrected chi connectivity index (χ4v) is 1.82. The lowest BCUT2D eigenvalue weighted by Gasteiger charge is -2.09. The van der Waals surface area contributed by atoms with Gasteiger partial charge >= 0.3 is 5.97 Å². The fraction of sp³-hybridized carbons (Fsp3) is 0.154. The quantitative estimate of drug-likeness (QED) is 0.546. The van der Waals surface area contributed by atoms with Crippen molar-refractivity contribution in [2.24, 2.45) is 0 Å². The summed E-state index contributed by atoms with van der Waals surface area (Å²) in [4.78, 5) is 14.1. The number of aliphatic carboxylic acids is 1. The van der Waals surface area contributed by atoms with Gasteiger partial charge in [0.1, 0.15) is 6.04 Å². The smallest absolute Gasteiger partial charge is 0.327 e. The number of para-hydroxylation sites is 1. The number of carbonyl (C=O) groups is 1. The minimum atomic E-state index is -0.951. The lowest BCUT2D eigenvalue weighted by atomic mass is 10.1. The highest BCUT2D eigenvalue weighted by atomic mass is 16.4. The predicted molar refractivity (Wildman–Crippen MR) is 65.4 cm³/mol. The zero-order valence-electron chi connectivity index (χ0n) is 9.10. The Bertz CT molecular complexity index is 580. The van der Waals surface area contributed by atoms with E-state index in [9.17, 15) is 4.79 Å². The molecule has 2 rings (SSSR count). The van der Waals surface area contributed by atoms with Gasteiger partial charge in [-0.25, -0.2) is 4.79 Å². The average Bonchev–Trinajstić information content (AvgIpc) is 2.72. The molecule has 0 radical (unpaired) electrons. The summed E-state index contributed by atoms with van der Waals surface area (Å²) in [6, 6.07) is 9.15. The van der Waals surface area contributed by atoms with E-state index >= 15 is 0 Å². The van der Waals surface area contributed by atoms with E-state index in [2.05, 4.69) is 16.3 Å². The summed E-state index contributed by atoms with van der Waals surface area (Å²) in [6.45, 7) is 0. The van der Waals surface area contributed by atoms with Crippen molar-refractivity contribution < 1.29 is 9.90 Å². The van der Waals surface area contributed by atoms with Crippen molar-refractivity contribution in [2.75, 3.05) is 0 Å². The van der Waals surface area contributed by atoms with Crippen molar-refractivity contribution in [3.63, 3.8) is 0 Å². The van der Waals surface area contributed by atoms with Gasteiger partial charge in [-0.1, -0.05) is 24.6 Å². The molecule has 4 nitrogen and oxygen atoms in total. The van der Waals surface area contributed by atoms with Gasteiger partial charge in [-0.05, 0) is 11.6 Å². The van der Waals surface area contributed by atoms with Crippen LogP contribution in [0.25, 0.3) is 10.9 Å². The Kier molecular flexibility index (Phi) is 3.01. The number of rotatable bonds is 4. The summed E-state index contributed by atoms with van der Waals surface area (Å²) in [5, 5.41) is 12.5. The lowest BCUT2D eigenvalue weighted by Crippen LogP contribution is -2.35. The molecule has 0 bridgehead atoms. The van der Waals surface area contributed by atoms with E-state index in [1.54, 1.807) is 0 Å². The molecule has 4 heteroatoms. The second kappa shape index (κ2) is 4.62. The van der Waals surface area contributed by atoms with Crippen LogP contribution in [0.2, 0.25) is 0 Å². The molecular weight excluding hydrogens is 216 g/mol. The SMILES string of the molecule is C#CNC(Cc1c[nH]c2ccccc12)C(=O)O. The first-order valence-electron chi connectivity index (χ1n) is 5.21. The highest BCUT2D eigenvalue weighted by Crippen LogP contribution is 2.19. The van der Waals surface area contributed by atoms with E-state index in [1.165, 1.54) is 0 Å². The third kappa shape index (κ3) is 2.23. The van der Waals surface area contributed by atoms with Crippen molar-refractivity contribution in [1.82, 2.24) is 10.3 Å². The Balaban J connectivity index is 2.28. The van der Waals surface area contributed by atoms with E-state index in [0.29, 0.717) is 6.42 Å². The van der Waals surface area contributed by atoms with Crippen LogP contribution in [-0.2, 0) is 11.2 Å². The number of terminal acetylenes is 1. The second-order valence-electron chi connectivity index (χ2n) is 3.74. The monoisotopic (exact) mass is 228 g/mol. The fourth-order valence-electron chi connectivity index (χ4n) is 1.82. The number of H-pyrrole nitrogens is 1. The molecule has 1 heterocycles. The molecule has 3 N–H and O–H groups in total. The first-order valence-corrected chi connectivity index (χ1v) is 5.21. The summed E-state index contributed by atoms with van der Waals surface area (Å²) in [7, 11) is 0. The van der Waals surface area contributed by atoms with Crippen LogP contribution in [0.15, 0.2) is 30.5 Å². The summed E-state index contributed by atoms with van der Waals surface area (Å²) in [5.41, 5.74) is 1.93. The third-order valence-corrected chi connectivity index (χ3v) is 2.65. The first kappa shape index (κ1) is 11.1. The van der Waals surface area contributed by atoms with Gasteiger partial charge in [0.15, 0.2) is 0 Å². The molecule has 0 spiro atoms. The summed E-state index contributed by atoms with van der Waals surface area (Å²) in [6.07, 6.45) is 7.25. The Morgan fingerprint density at radius 1 is 1.53 bits per heavy atom. The number of hydrogen-bond acceptors (Lipinski definition) is 2. The van der Waals surface area contributed by atoms with Crippen molar-refractivity contribution >= 4 is 16.9 Å². The molecule has 0 aliphatic heterocycles. The van der Waals surface area contributed by atoms with Crippen LogP contribution in [0, 0.1) is 12.5 Å². The molecule has 0 fully saturated rings. The number of carboxylic acids is 1. The molecule has 1 aromatic carbocycles. The highest BCUT2D eigenvalue weighted by molar-refractivity contribution is 5.84. The Hall–Kier alpha value is -2.41. The van der Waals surface area contributed by atoms with Crippen molar-refractivity contribution in [3.05, 3.63) is 36.0 Å². The van der Waals surface area contributed by atoms with E-state index in [1.807, 2.05) is 30.5 Å². The van der Waals surface area contributed by atoms with Crippen molar-refractivity contribution in [3.8, 4) is 12.5 Å².